The average Bonchev–Trinajstić information content (AvgIpc) is 2.00. The summed E-state index contributed by atoms with van der Waals surface area (Å²) in [5.41, 5.74) is 3.90. The van der Waals surface area contributed by atoms with E-state index in [1.165, 1.54) is 0 Å². The molecule has 4 nitrogen and oxygen atoms in total. The number of amides is 1. The summed E-state index contributed by atoms with van der Waals surface area (Å²) in [5, 5.41) is 17.6. The molecule has 0 saturated heterocycles. The summed E-state index contributed by atoms with van der Waals surface area (Å²) in [5.74, 6) is -0.635. The quantitative estimate of drug-likeness (QED) is 0.495. The van der Waals surface area contributed by atoms with E-state index in [0.717, 1.165) is 0 Å². The third-order valence-electron chi connectivity index (χ3n) is 1.86. The molecule has 0 aromatic heterocycles. The van der Waals surface area contributed by atoms with Gasteiger partial charge < -0.3 is 15.9 Å². The Morgan fingerprint density at radius 2 is 1.91 bits per heavy atom. The highest BCUT2D eigenvalue weighted by Gasteiger charge is 2.34. The van der Waals surface area contributed by atoms with Crippen LogP contribution < -0.4 is 5.73 Å². The number of primary amides is 1. The maximum atomic E-state index is 10.8. The fourth-order valence-electron chi connectivity index (χ4n) is 0.966. The molecule has 4 heteroatoms. The first-order chi connectivity index (χ1) is 5.13. The molecular formula is C7H15NO3. The Hall–Kier alpha value is -0.610. The van der Waals surface area contributed by atoms with Crippen LogP contribution in [0.3, 0.4) is 0 Å². The molecule has 0 atom stereocenters. The van der Waals surface area contributed by atoms with Crippen molar-refractivity contribution in [2.24, 2.45) is 11.1 Å². The molecule has 0 aliphatic heterocycles. The predicted molar refractivity (Wildman–Crippen MR) is 40.7 cm³/mol. The highest BCUT2D eigenvalue weighted by molar-refractivity contribution is 5.81. The lowest BCUT2D eigenvalue weighted by Gasteiger charge is -2.24. The maximum absolute atomic E-state index is 10.8. The summed E-state index contributed by atoms with van der Waals surface area (Å²) in [6.45, 7) is 1.10. The van der Waals surface area contributed by atoms with Gasteiger partial charge in [0.2, 0.25) is 5.91 Å². The van der Waals surface area contributed by atoms with Crippen molar-refractivity contribution in [3.05, 3.63) is 0 Å². The van der Waals surface area contributed by atoms with Crippen LogP contribution in [0.15, 0.2) is 0 Å². The molecule has 0 rings (SSSR count). The van der Waals surface area contributed by atoms with Crippen LogP contribution in [0.4, 0.5) is 0 Å². The average molecular weight is 161 g/mol. The van der Waals surface area contributed by atoms with E-state index in [4.69, 9.17) is 15.9 Å². The van der Waals surface area contributed by atoms with Crippen LogP contribution in [0.1, 0.15) is 19.8 Å². The van der Waals surface area contributed by atoms with Crippen LogP contribution in [0.25, 0.3) is 0 Å². The van der Waals surface area contributed by atoms with Crippen molar-refractivity contribution in [2.45, 2.75) is 19.8 Å². The van der Waals surface area contributed by atoms with Gasteiger partial charge in [-0.2, -0.15) is 0 Å². The predicted octanol–water partition coefficient (Wildman–Crippen LogP) is -0.757. The minimum atomic E-state index is -1.12. The van der Waals surface area contributed by atoms with Crippen molar-refractivity contribution >= 4 is 5.91 Å². The molecule has 66 valence electrons. The highest BCUT2D eigenvalue weighted by atomic mass is 16.3. The zero-order valence-electron chi connectivity index (χ0n) is 6.71. The second kappa shape index (κ2) is 4.31. The van der Waals surface area contributed by atoms with Crippen molar-refractivity contribution < 1.29 is 15.0 Å². The minimum Gasteiger partial charge on any atom is -0.395 e. The van der Waals surface area contributed by atoms with Crippen LogP contribution in [-0.2, 0) is 4.79 Å². The summed E-state index contributed by atoms with van der Waals surface area (Å²) in [6, 6.07) is 0. The van der Waals surface area contributed by atoms with Crippen LogP contribution >= 0.6 is 0 Å². The van der Waals surface area contributed by atoms with Gasteiger partial charge in [0.15, 0.2) is 0 Å². The second-order valence-electron chi connectivity index (χ2n) is 2.71. The van der Waals surface area contributed by atoms with E-state index < -0.39 is 11.3 Å². The fraction of sp³-hybridized carbons (Fsp3) is 0.857. The number of rotatable bonds is 5. The molecule has 0 aromatic carbocycles. The van der Waals surface area contributed by atoms with Gasteiger partial charge in [-0.1, -0.05) is 13.3 Å². The van der Waals surface area contributed by atoms with Gasteiger partial charge in [0, 0.05) is 0 Å². The zero-order valence-corrected chi connectivity index (χ0v) is 6.71. The minimum absolute atomic E-state index is 0.382. The number of aliphatic hydroxyl groups is 2. The van der Waals surface area contributed by atoms with Gasteiger partial charge in [0.25, 0.3) is 0 Å². The van der Waals surface area contributed by atoms with Crippen LogP contribution in [0, 0.1) is 5.41 Å². The lowest BCUT2D eigenvalue weighted by atomic mass is 9.84. The van der Waals surface area contributed by atoms with Gasteiger partial charge in [0.05, 0.1) is 18.6 Å². The van der Waals surface area contributed by atoms with Crippen LogP contribution in [0.2, 0.25) is 0 Å². The van der Waals surface area contributed by atoms with Crippen LogP contribution in [-0.4, -0.2) is 29.3 Å². The number of hydrogen-bond acceptors (Lipinski definition) is 3. The van der Waals surface area contributed by atoms with Crippen molar-refractivity contribution in [3.8, 4) is 0 Å². The van der Waals surface area contributed by atoms with E-state index in [1.807, 2.05) is 6.92 Å². The molecule has 0 aliphatic carbocycles. The van der Waals surface area contributed by atoms with E-state index in [2.05, 4.69) is 0 Å². The maximum Gasteiger partial charge on any atom is 0.228 e. The largest absolute Gasteiger partial charge is 0.395 e. The second-order valence-corrected chi connectivity index (χ2v) is 2.71. The number of aliphatic hydroxyl groups excluding tert-OH is 2. The number of nitrogens with two attached hydrogens (primary N) is 1. The molecular weight excluding hydrogens is 146 g/mol. The molecule has 1 amide bonds. The van der Waals surface area contributed by atoms with E-state index in [1.54, 1.807) is 0 Å². The first kappa shape index (κ1) is 10.4. The molecule has 0 unspecified atom stereocenters. The zero-order chi connectivity index (χ0) is 8.91. The van der Waals surface area contributed by atoms with Crippen molar-refractivity contribution in [1.82, 2.24) is 0 Å². The molecule has 0 aromatic rings. The molecule has 0 saturated carbocycles. The number of hydrogen-bond donors (Lipinski definition) is 3. The Bertz CT molecular complexity index is 132. The van der Waals surface area contributed by atoms with Gasteiger partial charge in [-0.25, -0.2) is 0 Å². The standard InChI is InChI=1S/C7H15NO3/c1-2-3-7(4-9,5-10)6(8)11/h9-10H,2-5H2,1H3,(H2,8,11). The Labute approximate surface area is 66.0 Å². The molecule has 0 heterocycles. The van der Waals surface area contributed by atoms with E-state index in [-0.39, 0.29) is 13.2 Å². The first-order valence-electron chi connectivity index (χ1n) is 3.64. The molecule has 0 spiro atoms. The van der Waals surface area contributed by atoms with Gasteiger partial charge in [-0.3, -0.25) is 4.79 Å². The molecule has 0 bridgehead atoms. The lowest BCUT2D eigenvalue weighted by Crippen LogP contribution is -2.43. The van der Waals surface area contributed by atoms with Crippen molar-refractivity contribution in [3.63, 3.8) is 0 Å². The monoisotopic (exact) mass is 161 g/mol. The summed E-state index contributed by atoms with van der Waals surface area (Å²) in [6.07, 6.45) is 1.14. The molecule has 0 radical (unpaired) electrons. The molecule has 0 fully saturated rings. The van der Waals surface area contributed by atoms with E-state index in [9.17, 15) is 4.79 Å². The Morgan fingerprint density at radius 3 is 2.00 bits per heavy atom. The Morgan fingerprint density at radius 1 is 1.45 bits per heavy atom. The third kappa shape index (κ3) is 2.17. The number of carbonyl (C=O) groups excluding carboxylic acids is 1. The smallest absolute Gasteiger partial charge is 0.228 e. The summed E-state index contributed by atoms with van der Waals surface area (Å²) >= 11 is 0. The first-order valence-corrected chi connectivity index (χ1v) is 3.64. The van der Waals surface area contributed by atoms with Crippen LogP contribution in [0.5, 0.6) is 0 Å². The third-order valence-corrected chi connectivity index (χ3v) is 1.86. The SMILES string of the molecule is CCCC(CO)(CO)C(N)=O. The Kier molecular flexibility index (Phi) is 4.07. The van der Waals surface area contributed by atoms with Gasteiger partial charge in [-0.15, -0.1) is 0 Å². The van der Waals surface area contributed by atoms with Gasteiger partial charge in [0.1, 0.15) is 0 Å². The molecule has 11 heavy (non-hydrogen) atoms. The van der Waals surface area contributed by atoms with Crippen molar-refractivity contribution in [2.75, 3.05) is 13.2 Å². The Balaban J connectivity index is 4.32. The topological polar surface area (TPSA) is 83.6 Å². The van der Waals surface area contributed by atoms with Crippen molar-refractivity contribution in [1.29, 1.82) is 0 Å². The van der Waals surface area contributed by atoms with E-state index in [0.29, 0.717) is 12.8 Å². The van der Waals surface area contributed by atoms with Gasteiger partial charge in [-0.05, 0) is 6.42 Å². The lowest BCUT2D eigenvalue weighted by molar-refractivity contribution is -0.133. The summed E-state index contributed by atoms with van der Waals surface area (Å²) in [7, 11) is 0. The molecule has 0 aliphatic rings. The summed E-state index contributed by atoms with van der Waals surface area (Å²) in [4.78, 5) is 10.8. The summed E-state index contributed by atoms with van der Waals surface area (Å²) < 4.78 is 0. The van der Waals surface area contributed by atoms with Gasteiger partial charge >= 0.3 is 0 Å². The van der Waals surface area contributed by atoms with E-state index >= 15 is 0 Å². The molecule has 4 N–H and O–H groups in total. The normalized spacial score (nSPS) is 11.5. The fourth-order valence-corrected chi connectivity index (χ4v) is 0.966. The number of carbonyl (C=O) groups is 1. The highest BCUT2D eigenvalue weighted by Crippen LogP contribution is 2.21.